The molecule has 72 valence electrons. The van der Waals surface area contributed by atoms with Gasteiger partial charge in [-0.2, -0.15) is 8.78 Å². The number of rotatable bonds is 5. The molecule has 0 aromatic carbocycles. The number of amides is 1. The van der Waals surface area contributed by atoms with Crippen LogP contribution >= 0.6 is 0 Å². The maximum atomic E-state index is 11.5. The molecule has 6 heteroatoms. The Bertz CT molecular complexity index is 175. The molecule has 1 unspecified atom stereocenters. The lowest BCUT2D eigenvalue weighted by Crippen LogP contribution is -2.32. The van der Waals surface area contributed by atoms with E-state index in [1.807, 2.05) is 5.32 Å². The van der Waals surface area contributed by atoms with Crippen molar-refractivity contribution in [1.29, 1.82) is 0 Å². The number of hydrogen-bond acceptors (Lipinski definition) is 2. The molecule has 0 radical (unpaired) electrons. The smallest absolute Gasteiger partial charge is 0.315 e. The molecule has 12 heavy (non-hydrogen) atoms. The Balaban J connectivity index is 3.44. The quantitative estimate of drug-likeness (QED) is 0.684. The van der Waals surface area contributed by atoms with Gasteiger partial charge in [0.2, 0.25) is 0 Å². The molecule has 0 bridgehead atoms. The van der Waals surface area contributed by atoms with Crippen molar-refractivity contribution in [1.82, 2.24) is 5.32 Å². The van der Waals surface area contributed by atoms with Crippen LogP contribution in [0.15, 0.2) is 0 Å². The van der Waals surface area contributed by atoms with Crippen LogP contribution in [0.5, 0.6) is 0 Å². The van der Waals surface area contributed by atoms with Gasteiger partial charge in [-0.1, -0.05) is 6.92 Å². The van der Waals surface area contributed by atoms with Crippen LogP contribution in [-0.2, 0) is 15.6 Å². The zero-order chi connectivity index (χ0) is 9.56. The summed E-state index contributed by atoms with van der Waals surface area (Å²) in [6.07, 6.45) is -2.99. The van der Waals surface area contributed by atoms with Gasteiger partial charge in [0.05, 0.1) is 0 Å². The Kier molecular flexibility index (Phi) is 5.79. The van der Waals surface area contributed by atoms with E-state index in [9.17, 15) is 17.8 Å². The molecule has 1 N–H and O–H groups in total. The van der Waals surface area contributed by atoms with Crippen LogP contribution in [0.25, 0.3) is 0 Å². The maximum Gasteiger partial charge on any atom is 0.315 e. The first-order chi connectivity index (χ1) is 5.57. The third-order valence-electron chi connectivity index (χ3n) is 1.15. The molecule has 0 aromatic rings. The summed E-state index contributed by atoms with van der Waals surface area (Å²) in [5, 5.41) is 1.97. The first kappa shape index (κ1) is 11.5. The SMILES string of the molecule is CCS(=O)CCNC(=O)C(F)F. The largest absolute Gasteiger partial charge is 0.350 e. The van der Waals surface area contributed by atoms with Gasteiger partial charge in [0.15, 0.2) is 0 Å². The minimum Gasteiger partial charge on any atom is -0.350 e. The summed E-state index contributed by atoms with van der Waals surface area (Å²) in [5.41, 5.74) is 0. The average molecular weight is 199 g/mol. The van der Waals surface area contributed by atoms with E-state index in [-0.39, 0.29) is 12.3 Å². The van der Waals surface area contributed by atoms with E-state index < -0.39 is 23.1 Å². The zero-order valence-corrected chi connectivity index (χ0v) is 7.50. The molecule has 0 saturated carbocycles. The van der Waals surface area contributed by atoms with Gasteiger partial charge in [0, 0.05) is 28.9 Å². The van der Waals surface area contributed by atoms with Gasteiger partial charge in [0.1, 0.15) is 0 Å². The van der Waals surface area contributed by atoms with Crippen molar-refractivity contribution >= 4 is 16.7 Å². The van der Waals surface area contributed by atoms with Gasteiger partial charge in [-0.25, -0.2) is 0 Å². The number of nitrogens with one attached hydrogen (secondary N) is 1. The van der Waals surface area contributed by atoms with E-state index in [0.717, 1.165) is 0 Å². The Morgan fingerprint density at radius 1 is 1.58 bits per heavy atom. The molecule has 0 fully saturated rings. The van der Waals surface area contributed by atoms with E-state index in [0.29, 0.717) is 5.75 Å². The summed E-state index contributed by atoms with van der Waals surface area (Å²) in [6, 6.07) is 0. The first-order valence-corrected chi connectivity index (χ1v) is 4.97. The van der Waals surface area contributed by atoms with Gasteiger partial charge in [-0.05, 0) is 0 Å². The van der Waals surface area contributed by atoms with Crippen LogP contribution in [0.1, 0.15) is 6.92 Å². The van der Waals surface area contributed by atoms with Gasteiger partial charge >= 0.3 is 6.43 Å². The molecule has 0 aliphatic rings. The highest BCUT2D eigenvalue weighted by Gasteiger charge is 2.13. The molecular weight excluding hydrogens is 188 g/mol. The number of halogens is 2. The van der Waals surface area contributed by atoms with E-state index in [1.54, 1.807) is 6.92 Å². The van der Waals surface area contributed by atoms with E-state index in [4.69, 9.17) is 0 Å². The van der Waals surface area contributed by atoms with Crippen LogP contribution in [0.4, 0.5) is 8.78 Å². The summed E-state index contributed by atoms with van der Waals surface area (Å²) in [5.74, 6) is -0.595. The minimum absolute atomic E-state index is 0.0453. The summed E-state index contributed by atoms with van der Waals surface area (Å²) in [4.78, 5) is 10.3. The van der Waals surface area contributed by atoms with Crippen molar-refractivity contribution in [3.8, 4) is 0 Å². The summed E-state index contributed by atoms with van der Waals surface area (Å²) >= 11 is 0. The van der Waals surface area contributed by atoms with Crippen LogP contribution in [0.3, 0.4) is 0 Å². The van der Waals surface area contributed by atoms with E-state index in [2.05, 4.69) is 0 Å². The van der Waals surface area contributed by atoms with Crippen molar-refractivity contribution in [2.45, 2.75) is 13.3 Å². The second kappa shape index (κ2) is 6.05. The summed E-state index contributed by atoms with van der Waals surface area (Å²) < 4.78 is 33.8. The Morgan fingerprint density at radius 2 is 2.17 bits per heavy atom. The average Bonchev–Trinajstić information content (AvgIpc) is 2.03. The molecule has 3 nitrogen and oxygen atoms in total. The second-order valence-electron chi connectivity index (χ2n) is 2.02. The van der Waals surface area contributed by atoms with Crippen molar-refractivity contribution in [3.05, 3.63) is 0 Å². The van der Waals surface area contributed by atoms with Gasteiger partial charge in [-0.3, -0.25) is 9.00 Å². The normalized spacial score (nSPS) is 13.0. The van der Waals surface area contributed by atoms with Gasteiger partial charge < -0.3 is 5.32 Å². The van der Waals surface area contributed by atoms with Gasteiger partial charge in [-0.15, -0.1) is 0 Å². The van der Waals surface area contributed by atoms with Crippen molar-refractivity contribution in [2.24, 2.45) is 0 Å². The summed E-state index contributed by atoms with van der Waals surface area (Å²) in [6.45, 7) is 1.77. The molecule has 0 aliphatic heterocycles. The number of carbonyl (C=O) groups is 1. The topological polar surface area (TPSA) is 46.2 Å². The molecule has 0 heterocycles. The van der Waals surface area contributed by atoms with Crippen molar-refractivity contribution in [2.75, 3.05) is 18.1 Å². The Hall–Kier alpha value is -0.520. The van der Waals surface area contributed by atoms with Crippen LogP contribution in [-0.4, -0.2) is 34.6 Å². The minimum atomic E-state index is -2.99. The predicted octanol–water partition coefficient (Wildman–Crippen LogP) is 0.136. The fourth-order valence-corrected chi connectivity index (χ4v) is 1.13. The lowest BCUT2D eigenvalue weighted by atomic mass is 10.6. The third-order valence-corrected chi connectivity index (χ3v) is 2.45. The molecule has 1 atom stereocenters. The number of alkyl halides is 2. The molecule has 0 saturated heterocycles. The lowest BCUT2D eigenvalue weighted by Gasteiger charge is -2.02. The van der Waals surface area contributed by atoms with Crippen LogP contribution in [0, 0.1) is 0 Å². The van der Waals surface area contributed by atoms with E-state index >= 15 is 0 Å². The number of hydrogen-bond donors (Lipinski definition) is 1. The van der Waals surface area contributed by atoms with Gasteiger partial charge in [0.25, 0.3) is 5.91 Å². The fourth-order valence-electron chi connectivity index (χ4n) is 0.510. The van der Waals surface area contributed by atoms with Crippen molar-refractivity contribution < 1.29 is 17.8 Å². The Labute approximate surface area is 72.0 Å². The van der Waals surface area contributed by atoms with Crippen LogP contribution < -0.4 is 5.32 Å². The van der Waals surface area contributed by atoms with E-state index in [1.165, 1.54) is 0 Å². The standard InChI is InChI=1S/C6H11F2NO2S/c1-2-12(11)4-3-9-6(10)5(7)8/h5H,2-4H2,1H3,(H,9,10). The molecular formula is C6H11F2NO2S. The first-order valence-electron chi connectivity index (χ1n) is 3.48. The second-order valence-corrected chi connectivity index (χ2v) is 3.89. The molecule has 0 aromatic heterocycles. The van der Waals surface area contributed by atoms with Crippen molar-refractivity contribution in [3.63, 3.8) is 0 Å². The summed E-state index contributed by atoms with van der Waals surface area (Å²) in [7, 11) is -1.02. The molecule has 0 spiro atoms. The number of carbonyl (C=O) groups excluding carboxylic acids is 1. The highest BCUT2D eigenvalue weighted by molar-refractivity contribution is 7.84. The monoisotopic (exact) mass is 199 g/mol. The Morgan fingerprint density at radius 3 is 2.58 bits per heavy atom. The molecule has 0 rings (SSSR count). The molecule has 1 amide bonds. The maximum absolute atomic E-state index is 11.5. The third kappa shape index (κ3) is 5.17. The van der Waals surface area contributed by atoms with Crippen LogP contribution in [0.2, 0.25) is 0 Å². The highest BCUT2D eigenvalue weighted by Crippen LogP contribution is 1.90. The lowest BCUT2D eigenvalue weighted by molar-refractivity contribution is -0.131. The fraction of sp³-hybridized carbons (Fsp3) is 0.833. The predicted molar refractivity (Wildman–Crippen MR) is 42.6 cm³/mol. The highest BCUT2D eigenvalue weighted by atomic mass is 32.2. The molecule has 0 aliphatic carbocycles. The zero-order valence-electron chi connectivity index (χ0n) is 6.68.